The maximum absolute atomic E-state index is 13.2. The minimum absolute atomic E-state index is 0.0858. The van der Waals surface area contributed by atoms with Crippen molar-refractivity contribution in [3.8, 4) is 11.1 Å². The Balaban J connectivity index is 2.05. The fraction of sp³-hybridized carbons (Fsp3) is 0.250. The molecule has 1 aromatic carbocycles. The molecule has 27 heavy (non-hydrogen) atoms. The summed E-state index contributed by atoms with van der Waals surface area (Å²) in [6.45, 7) is 6.15. The average Bonchev–Trinajstić information content (AvgIpc) is 3.09. The van der Waals surface area contributed by atoms with Crippen molar-refractivity contribution < 1.29 is 9.53 Å². The first-order valence-corrected chi connectivity index (χ1v) is 10.3. The molecule has 0 fully saturated rings. The molecule has 0 aliphatic rings. The number of benzene rings is 1. The molecule has 0 unspecified atom stereocenters. The van der Waals surface area contributed by atoms with E-state index in [1.54, 1.807) is 10.6 Å². The third-order valence-corrected chi connectivity index (χ3v) is 5.95. The normalized spacial score (nSPS) is 10.9. The molecule has 0 bridgehead atoms. The molecule has 0 atom stereocenters. The van der Waals surface area contributed by atoms with Gasteiger partial charge in [-0.1, -0.05) is 47.7 Å². The number of esters is 1. The van der Waals surface area contributed by atoms with E-state index >= 15 is 0 Å². The van der Waals surface area contributed by atoms with Crippen molar-refractivity contribution in [3.05, 3.63) is 58.2 Å². The lowest BCUT2D eigenvalue weighted by molar-refractivity contribution is -0.140. The van der Waals surface area contributed by atoms with Crippen molar-refractivity contribution in [2.45, 2.75) is 25.0 Å². The van der Waals surface area contributed by atoms with Crippen LogP contribution in [0.15, 0.2) is 52.3 Å². The van der Waals surface area contributed by atoms with Gasteiger partial charge in [0.2, 0.25) is 0 Å². The summed E-state index contributed by atoms with van der Waals surface area (Å²) in [5.74, 6) is 0.219. The zero-order chi connectivity index (χ0) is 19.4. The maximum Gasteiger partial charge on any atom is 0.306 e. The Morgan fingerprint density at radius 1 is 1.37 bits per heavy atom. The van der Waals surface area contributed by atoms with Gasteiger partial charge in [0, 0.05) is 23.2 Å². The summed E-state index contributed by atoms with van der Waals surface area (Å²) in [5.41, 5.74) is 2.99. The van der Waals surface area contributed by atoms with Crippen LogP contribution in [0.1, 0.15) is 12.0 Å². The molecule has 0 aliphatic heterocycles. The quantitative estimate of drug-likeness (QED) is 0.256. The zero-order valence-corrected chi connectivity index (χ0v) is 16.9. The summed E-state index contributed by atoms with van der Waals surface area (Å²) in [7, 11) is 1.36. The summed E-state index contributed by atoms with van der Waals surface area (Å²) in [6.07, 6.45) is 1.94. The molecular weight excluding hydrogens is 380 g/mol. The zero-order valence-electron chi connectivity index (χ0n) is 15.2. The van der Waals surface area contributed by atoms with Gasteiger partial charge in [0.1, 0.15) is 4.83 Å². The second-order valence-electron chi connectivity index (χ2n) is 5.97. The van der Waals surface area contributed by atoms with E-state index in [-0.39, 0.29) is 17.9 Å². The number of ether oxygens (including phenoxy) is 1. The second kappa shape index (κ2) is 8.54. The molecule has 7 heteroatoms. The number of hydrogen-bond acceptors (Lipinski definition) is 6. The number of nitrogens with zero attached hydrogens (tertiary/aromatic N) is 2. The van der Waals surface area contributed by atoms with Crippen molar-refractivity contribution in [2.75, 3.05) is 12.9 Å². The Morgan fingerprint density at radius 2 is 2.11 bits per heavy atom. The van der Waals surface area contributed by atoms with Crippen LogP contribution >= 0.6 is 23.1 Å². The van der Waals surface area contributed by atoms with Crippen LogP contribution in [-0.2, 0) is 16.1 Å². The molecule has 0 radical (unpaired) electrons. The van der Waals surface area contributed by atoms with Crippen LogP contribution in [0.2, 0.25) is 0 Å². The third kappa shape index (κ3) is 4.14. The van der Waals surface area contributed by atoms with E-state index in [4.69, 9.17) is 0 Å². The smallest absolute Gasteiger partial charge is 0.306 e. The largest absolute Gasteiger partial charge is 0.469 e. The number of fused-ring (bicyclic) bond motifs is 1. The number of thioether (sulfide) groups is 1. The van der Waals surface area contributed by atoms with E-state index in [2.05, 4.69) is 16.3 Å². The molecule has 3 aromatic rings. The van der Waals surface area contributed by atoms with Crippen molar-refractivity contribution >= 4 is 39.3 Å². The SMILES string of the molecule is C=CCn1c(SCCC(=O)OC)nc2scc(-c3ccc(C)cc3)c2c1=O. The van der Waals surface area contributed by atoms with E-state index < -0.39 is 0 Å². The Kier molecular flexibility index (Phi) is 6.13. The van der Waals surface area contributed by atoms with Crippen LogP contribution in [0.25, 0.3) is 21.3 Å². The number of aromatic nitrogens is 2. The molecule has 0 amide bonds. The number of allylic oxidation sites excluding steroid dienone is 1. The molecule has 140 valence electrons. The number of aryl methyl sites for hydroxylation is 1. The number of rotatable bonds is 7. The van der Waals surface area contributed by atoms with Gasteiger partial charge < -0.3 is 4.74 Å². The van der Waals surface area contributed by atoms with E-state index in [0.717, 1.165) is 11.1 Å². The first kappa shape index (κ1) is 19.4. The van der Waals surface area contributed by atoms with Gasteiger partial charge in [-0.05, 0) is 12.5 Å². The lowest BCUT2D eigenvalue weighted by Crippen LogP contribution is -2.22. The predicted molar refractivity (Wildman–Crippen MR) is 112 cm³/mol. The Bertz CT molecular complexity index is 1040. The lowest BCUT2D eigenvalue weighted by atomic mass is 10.1. The molecule has 2 aromatic heterocycles. The first-order valence-electron chi connectivity index (χ1n) is 8.44. The summed E-state index contributed by atoms with van der Waals surface area (Å²) < 4.78 is 6.28. The highest BCUT2D eigenvalue weighted by Gasteiger charge is 2.17. The molecule has 3 rings (SSSR count). The number of methoxy groups -OCH3 is 1. The first-order chi connectivity index (χ1) is 13.0. The van der Waals surface area contributed by atoms with Crippen LogP contribution in [0.4, 0.5) is 0 Å². The van der Waals surface area contributed by atoms with Gasteiger partial charge in [-0.2, -0.15) is 0 Å². The highest BCUT2D eigenvalue weighted by Crippen LogP contribution is 2.32. The van der Waals surface area contributed by atoms with E-state index in [1.807, 2.05) is 36.6 Å². The fourth-order valence-corrected chi connectivity index (χ4v) is 4.60. The minimum Gasteiger partial charge on any atom is -0.469 e. The Hall–Kier alpha value is -2.38. The van der Waals surface area contributed by atoms with Gasteiger partial charge in [0.25, 0.3) is 5.56 Å². The lowest BCUT2D eigenvalue weighted by Gasteiger charge is -2.10. The van der Waals surface area contributed by atoms with Crippen molar-refractivity contribution in [3.63, 3.8) is 0 Å². The van der Waals surface area contributed by atoms with Gasteiger partial charge in [0.15, 0.2) is 5.16 Å². The highest BCUT2D eigenvalue weighted by molar-refractivity contribution is 7.99. The molecule has 2 heterocycles. The number of hydrogen-bond donors (Lipinski definition) is 0. The van der Waals surface area contributed by atoms with Gasteiger partial charge >= 0.3 is 5.97 Å². The monoisotopic (exact) mass is 400 g/mol. The molecule has 5 nitrogen and oxygen atoms in total. The molecule has 0 N–H and O–H groups in total. The predicted octanol–water partition coefficient (Wildman–Crippen LogP) is 4.27. The van der Waals surface area contributed by atoms with E-state index in [1.165, 1.54) is 35.8 Å². The number of carbonyl (C=O) groups excluding carboxylic acids is 1. The van der Waals surface area contributed by atoms with Gasteiger partial charge in [-0.25, -0.2) is 4.98 Å². The fourth-order valence-electron chi connectivity index (χ4n) is 2.68. The van der Waals surface area contributed by atoms with Crippen molar-refractivity contribution in [1.82, 2.24) is 9.55 Å². The maximum atomic E-state index is 13.2. The molecule has 0 saturated heterocycles. The second-order valence-corrected chi connectivity index (χ2v) is 7.89. The topological polar surface area (TPSA) is 61.2 Å². The molecule has 0 aliphatic carbocycles. The van der Waals surface area contributed by atoms with Crippen LogP contribution in [0, 0.1) is 6.92 Å². The van der Waals surface area contributed by atoms with Gasteiger partial charge in [0.05, 0.1) is 18.9 Å². The van der Waals surface area contributed by atoms with E-state index in [9.17, 15) is 9.59 Å². The third-order valence-electron chi connectivity index (χ3n) is 4.10. The standard InChI is InChI=1S/C20H20N2O3S2/c1-4-10-22-19(24)17-15(14-7-5-13(2)6-8-14)12-27-18(17)21-20(22)26-11-9-16(23)25-3/h4-8,12H,1,9-11H2,2-3H3. The van der Waals surface area contributed by atoms with Crippen LogP contribution in [-0.4, -0.2) is 28.4 Å². The van der Waals surface area contributed by atoms with E-state index in [0.29, 0.717) is 27.7 Å². The molecular formula is C20H20N2O3S2. The van der Waals surface area contributed by atoms with Crippen molar-refractivity contribution in [2.24, 2.45) is 0 Å². The Morgan fingerprint density at radius 3 is 2.78 bits per heavy atom. The van der Waals surface area contributed by atoms with Crippen LogP contribution < -0.4 is 5.56 Å². The number of thiophene rings is 1. The average molecular weight is 401 g/mol. The minimum atomic E-state index is -0.279. The molecule has 0 spiro atoms. The summed E-state index contributed by atoms with van der Waals surface area (Å²) in [6, 6.07) is 8.11. The van der Waals surface area contributed by atoms with Gasteiger partial charge in [-0.3, -0.25) is 14.2 Å². The summed E-state index contributed by atoms with van der Waals surface area (Å²) >= 11 is 2.83. The number of carbonyl (C=O) groups is 1. The summed E-state index contributed by atoms with van der Waals surface area (Å²) in [5, 5.41) is 3.20. The van der Waals surface area contributed by atoms with Crippen LogP contribution in [0.5, 0.6) is 0 Å². The van der Waals surface area contributed by atoms with Crippen molar-refractivity contribution in [1.29, 1.82) is 0 Å². The highest BCUT2D eigenvalue weighted by atomic mass is 32.2. The summed E-state index contributed by atoms with van der Waals surface area (Å²) in [4.78, 5) is 29.9. The van der Waals surface area contributed by atoms with Crippen LogP contribution in [0.3, 0.4) is 0 Å². The van der Waals surface area contributed by atoms with Gasteiger partial charge in [-0.15, -0.1) is 17.9 Å². The Labute approximate surface area is 165 Å². The molecule has 0 saturated carbocycles.